The number of hydrogen-bond donors (Lipinski definition) is 2. The first-order valence-electron chi connectivity index (χ1n) is 4.38. The summed E-state index contributed by atoms with van der Waals surface area (Å²) in [6.07, 6.45) is 3.08. The summed E-state index contributed by atoms with van der Waals surface area (Å²) in [7, 11) is 0. The quantitative estimate of drug-likeness (QED) is 0.562. The lowest BCUT2D eigenvalue weighted by atomic mass is 10.4. The van der Waals surface area contributed by atoms with Crippen LogP contribution in [0.5, 0.6) is 0 Å². The molecule has 2 amide bonds. The normalized spacial score (nSPS) is 9.75. The number of amides is 2. The molecule has 0 bridgehead atoms. The van der Waals surface area contributed by atoms with Gasteiger partial charge in [0.15, 0.2) is 0 Å². The summed E-state index contributed by atoms with van der Waals surface area (Å²) in [5.74, 6) is 0. The topological polar surface area (TPSA) is 64.3 Å². The molecular weight excluding hydrogens is 156 g/mol. The molecule has 3 N–H and O–H groups in total. The molecular formula is C8H18N2O2. The zero-order valence-corrected chi connectivity index (χ0v) is 7.64. The highest BCUT2D eigenvalue weighted by Crippen LogP contribution is 1.88. The molecule has 0 saturated heterocycles. The molecule has 0 saturated carbocycles. The molecule has 0 rings (SSSR count). The van der Waals surface area contributed by atoms with Gasteiger partial charge in [0.2, 0.25) is 0 Å². The maximum absolute atomic E-state index is 10.2. The fourth-order valence-corrected chi connectivity index (χ4v) is 0.734. The van der Waals surface area contributed by atoms with Crippen LogP contribution in [0.15, 0.2) is 0 Å². The number of nitrogens with two attached hydrogens (primary N) is 1. The van der Waals surface area contributed by atoms with Crippen LogP contribution in [-0.4, -0.2) is 25.8 Å². The zero-order chi connectivity index (χ0) is 9.23. The Labute approximate surface area is 73.5 Å². The Morgan fingerprint density at radius 1 is 1.42 bits per heavy atom. The lowest BCUT2D eigenvalue weighted by molar-refractivity contribution is 0.129. The fourth-order valence-electron chi connectivity index (χ4n) is 0.734. The summed E-state index contributed by atoms with van der Waals surface area (Å²) in [6, 6.07) is -0.469. The predicted octanol–water partition coefficient (Wildman–Crippen LogP) is 0.862. The first kappa shape index (κ1) is 11.2. The second-order valence-corrected chi connectivity index (χ2v) is 2.61. The van der Waals surface area contributed by atoms with Crippen molar-refractivity contribution in [3.05, 3.63) is 0 Å². The smallest absolute Gasteiger partial charge is 0.312 e. The summed E-state index contributed by atoms with van der Waals surface area (Å²) in [6.45, 7) is 4.23. The average molecular weight is 174 g/mol. The van der Waals surface area contributed by atoms with Gasteiger partial charge < -0.3 is 15.8 Å². The van der Waals surface area contributed by atoms with Crippen molar-refractivity contribution in [3.63, 3.8) is 0 Å². The Balaban J connectivity index is 2.86. The zero-order valence-electron chi connectivity index (χ0n) is 7.64. The lowest BCUT2D eigenvalue weighted by Crippen LogP contribution is -2.30. The standard InChI is InChI=1S/C8H18N2O2/c1-2-3-6-12-7-4-5-10-8(9)11/h2-7H2,1H3,(H3,9,10,11). The summed E-state index contributed by atoms with van der Waals surface area (Å²) < 4.78 is 5.26. The monoisotopic (exact) mass is 174 g/mol. The van der Waals surface area contributed by atoms with Gasteiger partial charge in [-0.1, -0.05) is 13.3 Å². The van der Waals surface area contributed by atoms with Gasteiger partial charge in [-0.05, 0) is 12.8 Å². The first-order chi connectivity index (χ1) is 5.77. The molecule has 72 valence electrons. The number of hydrogen-bond acceptors (Lipinski definition) is 2. The van der Waals surface area contributed by atoms with E-state index in [-0.39, 0.29) is 0 Å². The Hall–Kier alpha value is -0.770. The van der Waals surface area contributed by atoms with Crippen molar-refractivity contribution in [3.8, 4) is 0 Å². The van der Waals surface area contributed by atoms with Crippen LogP contribution >= 0.6 is 0 Å². The molecule has 4 nitrogen and oxygen atoms in total. The van der Waals surface area contributed by atoms with Gasteiger partial charge in [0.05, 0.1) is 0 Å². The molecule has 0 aliphatic carbocycles. The van der Waals surface area contributed by atoms with Crippen LogP contribution in [0, 0.1) is 0 Å². The van der Waals surface area contributed by atoms with Crippen molar-refractivity contribution in [2.45, 2.75) is 26.2 Å². The number of rotatable bonds is 7. The SMILES string of the molecule is CCCCOCCCNC(N)=O. The Kier molecular flexibility index (Phi) is 7.79. The number of unbranched alkanes of at least 4 members (excludes halogenated alkanes) is 1. The summed E-state index contributed by atoms with van der Waals surface area (Å²) in [5.41, 5.74) is 4.86. The van der Waals surface area contributed by atoms with Crippen molar-refractivity contribution < 1.29 is 9.53 Å². The van der Waals surface area contributed by atoms with Gasteiger partial charge in [-0.15, -0.1) is 0 Å². The van der Waals surface area contributed by atoms with Crippen LogP contribution in [0.25, 0.3) is 0 Å². The van der Waals surface area contributed by atoms with Gasteiger partial charge in [-0.2, -0.15) is 0 Å². The number of carbonyl (C=O) groups excluding carboxylic acids is 1. The van der Waals surface area contributed by atoms with Gasteiger partial charge >= 0.3 is 6.03 Å². The van der Waals surface area contributed by atoms with E-state index in [9.17, 15) is 4.79 Å². The molecule has 0 aromatic heterocycles. The summed E-state index contributed by atoms with van der Waals surface area (Å²) in [5, 5.41) is 2.50. The third kappa shape index (κ3) is 9.23. The van der Waals surface area contributed by atoms with Crippen LogP contribution in [0.1, 0.15) is 26.2 Å². The van der Waals surface area contributed by atoms with Gasteiger partial charge in [0.1, 0.15) is 0 Å². The van der Waals surface area contributed by atoms with Crippen LogP contribution in [-0.2, 0) is 4.74 Å². The number of ether oxygens (including phenoxy) is 1. The number of primary amides is 1. The minimum absolute atomic E-state index is 0.469. The number of nitrogens with one attached hydrogen (secondary N) is 1. The van der Waals surface area contributed by atoms with E-state index in [2.05, 4.69) is 12.2 Å². The van der Waals surface area contributed by atoms with E-state index in [4.69, 9.17) is 10.5 Å². The molecule has 4 heteroatoms. The first-order valence-corrected chi connectivity index (χ1v) is 4.38. The second-order valence-electron chi connectivity index (χ2n) is 2.61. The largest absolute Gasteiger partial charge is 0.381 e. The van der Waals surface area contributed by atoms with E-state index < -0.39 is 6.03 Å². The second kappa shape index (κ2) is 8.33. The summed E-state index contributed by atoms with van der Waals surface area (Å²) in [4.78, 5) is 10.2. The van der Waals surface area contributed by atoms with Crippen LogP contribution in [0.2, 0.25) is 0 Å². The highest BCUT2D eigenvalue weighted by molar-refractivity contribution is 5.71. The Morgan fingerprint density at radius 2 is 2.08 bits per heavy atom. The van der Waals surface area contributed by atoms with Crippen molar-refractivity contribution >= 4 is 6.03 Å². The van der Waals surface area contributed by atoms with E-state index in [0.29, 0.717) is 13.2 Å². The molecule has 0 heterocycles. The van der Waals surface area contributed by atoms with Crippen LogP contribution in [0.3, 0.4) is 0 Å². The highest BCUT2D eigenvalue weighted by Gasteiger charge is 1.91. The van der Waals surface area contributed by atoms with Crippen molar-refractivity contribution in [1.82, 2.24) is 5.32 Å². The van der Waals surface area contributed by atoms with Gasteiger partial charge in [0, 0.05) is 19.8 Å². The van der Waals surface area contributed by atoms with E-state index in [1.807, 2.05) is 0 Å². The van der Waals surface area contributed by atoms with Crippen LogP contribution < -0.4 is 11.1 Å². The molecule has 0 aromatic carbocycles. The summed E-state index contributed by atoms with van der Waals surface area (Å²) >= 11 is 0. The Bertz CT molecular complexity index is 118. The van der Waals surface area contributed by atoms with Crippen LogP contribution in [0.4, 0.5) is 4.79 Å². The maximum Gasteiger partial charge on any atom is 0.312 e. The molecule has 0 unspecified atom stereocenters. The van der Waals surface area contributed by atoms with E-state index in [0.717, 1.165) is 25.9 Å². The number of urea groups is 1. The van der Waals surface area contributed by atoms with Gasteiger partial charge in [-0.3, -0.25) is 0 Å². The third-order valence-corrected chi connectivity index (χ3v) is 1.41. The fraction of sp³-hybridized carbons (Fsp3) is 0.875. The molecule has 0 aliphatic rings. The van der Waals surface area contributed by atoms with Crippen molar-refractivity contribution in [2.75, 3.05) is 19.8 Å². The molecule has 0 fully saturated rings. The molecule has 12 heavy (non-hydrogen) atoms. The maximum atomic E-state index is 10.2. The Morgan fingerprint density at radius 3 is 2.67 bits per heavy atom. The lowest BCUT2D eigenvalue weighted by Gasteiger charge is -2.03. The highest BCUT2D eigenvalue weighted by atomic mass is 16.5. The molecule has 0 aromatic rings. The number of carbonyl (C=O) groups is 1. The van der Waals surface area contributed by atoms with Gasteiger partial charge in [-0.25, -0.2) is 4.79 Å². The van der Waals surface area contributed by atoms with E-state index in [1.54, 1.807) is 0 Å². The third-order valence-electron chi connectivity index (χ3n) is 1.41. The average Bonchev–Trinajstić information content (AvgIpc) is 2.02. The molecule has 0 radical (unpaired) electrons. The molecule has 0 spiro atoms. The predicted molar refractivity (Wildman–Crippen MR) is 47.9 cm³/mol. The van der Waals surface area contributed by atoms with Crippen molar-refractivity contribution in [1.29, 1.82) is 0 Å². The van der Waals surface area contributed by atoms with Crippen molar-refractivity contribution in [2.24, 2.45) is 5.73 Å². The molecule has 0 aliphatic heterocycles. The minimum atomic E-state index is -0.469. The van der Waals surface area contributed by atoms with E-state index in [1.165, 1.54) is 0 Å². The minimum Gasteiger partial charge on any atom is -0.381 e. The van der Waals surface area contributed by atoms with Gasteiger partial charge in [0.25, 0.3) is 0 Å². The van der Waals surface area contributed by atoms with E-state index >= 15 is 0 Å². The molecule has 0 atom stereocenters.